The van der Waals surface area contributed by atoms with Gasteiger partial charge in [0.2, 0.25) is 0 Å². The van der Waals surface area contributed by atoms with Crippen molar-refractivity contribution in [3.8, 4) is 0 Å². The van der Waals surface area contributed by atoms with Gasteiger partial charge in [0.1, 0.15) is 0 Å². The molecular formula is C11H19O3PS. The van der Waals surface area contributed by atoms with Crippen LogP contribution in [-0.2, 0) is 14.1 Å². The zero-order valence-corrected chi connectivity index (χ0v) is 12.1. The van der Waals surface area contributed by atoms with Crippen LogP contribution in [0.5, 0.6) is 0 Å². The summed E-state index contributed by atoms with van der Waals surface area (Å²) in [6, 6.07) is 6.68. The van der Waals surface area contributed by atoms with Crippen LogP contribution in [0.3, 0.4) is 0 Å². The zero-order chi connectivity index (χ0) is 12.6. The van der Waals surface area contributed by atoms with Crippen molar-refractivity contribution in [1.82, 2.24) is 0 Å². The quantitative estimate of drug-likeness (QED) is 0.787. The van der Waals surface area contributed by atoms with Crippen molar-refractivity contribution in [3.05, 3.63) is 29.8 Å². The van der Waals surface area contributed by atoms with E-state index in [1.807, 2.05) is 33.6 Å². The standard InChI is InChI=1S/C11H19O3PS/c1-10-6-8-11(9-7-10)16(12,13)14-15(2,3,4)5/h6-9H,1-5H3. The maximum absolute atomic E-state index is 12.0. The van der Waals surface area contributed by atoms with Crippen LogP contribution in [0.25, 0.3) is 0 Å². The molecule has 0 aliphatic rings. The third kappa shape index (κ3) is 4.20. The summed E-state index contributed by atoms with van der Waals surface area (Å²) in [5.74, 6) is 0. The summed E-state index contributed by atoms with van der Waals surface area (Å²) in [5.41, 5.74) is 1.03. The van der Waals surface area contributed by atoms with E-state index in [4.69, 9.17) is 3.97 Å². The predicted molar refractivity (Wildman–Crippen MR) is 70.1 cm³/mol. The van der Waals surface area contributed by atoms with E-state index < -0.39 is 16.9 Å². The first-order valence-electron chi connectivity index (χ1n) is 5.00. The molecule has 1 aromatic carbocycles. The molecule has 0 aromatic heterocycles. The van der Waals surface area contributed by atoms with E-state index >= 15 is 0 Å². The molecule has 0 aliphatic carbocycles. The van der Waals surface area contributed by atoms with E-state index in [1.54, 1.807) is 24.3 Å². The Morgan fingerprint density at radius 3 is 1.81 bits per heavy atom. The van der Waals surface area contributed by atoms with Crippen molar-refractivity contribution in [2.75, 3.05) is 26.7 Å². The summed E-state index contributed by atoms with van der Waals surface area (Å²) >= 11 is 0. The second kappa shape index (κ2) is 3.80. The summed E-state index contributed by atoms with van der Waals surface area (Å²) < 4.78 is 29.3. The van der Waals surface area contributed by atoms with Gasteiger partial charge in [-0.25, -0.2) is 0 Å². The van der Waals surface area contributed by atoms with Gasteiger partial charge in [-0.2, -0.15) is 0 Å². The SMILES string of the molecule is Cc1ccc(S(=O)(=O)OP(C)(C)(C)C)cc1. The molecule has 1 aromatic rings. The fraction of sp³-hybridized carbons (Fsp3) is 0.455. The summed E-state index contributed by atoms with van der Waals surface area (Å²) in [4.78, 5) is 0.222. The van der Waals surface area contributed by atoms with Gasteiger partial charge in [0, 0.05) is 0 Å². The Balaban J connectivity index is 3.10. The Morgan fingerprint density at radius 1 is 1.00 bits per heavy atom. The van der Waals surface area contributed by atoms with Gasteiger partial charge in [-0.05, 0) is 0 Å². The van der Waals surface area contributed by atoms with Crippen molar-refractivity contribution in [2.45, 2.75) is 11.8 Å². The van der Waals surface area contributed by atoms with Crippen LogP contribution < -0.4 is 0 Å². The van der Waals surface area contributed by atoms with Crippen LogP contribution in [0, 0.1) is 6.92 Å². The molecule has 0 aliphatic heterocycles. The average Bonchev–Trinajstić information content (AvgIpc) is 1.98. The molecule has 0 N–H and O–H groups in total. The van der Waals surface area contributed by atoms with E-state index in [0.29, 0.717) is 0 Å². The minimum absolute atomic E-state index is 0.222. The van der Waals surface area contributed by atoms with Crippen molar-refractivity contribution in [1.29, 1.82) is 0 Å². The van der Waals surface area contributed by atoms with Gasteiger partial charge in [-0.3, -0.25) is 0 Å². The Morgan fingerprint density at radius 2 is 1.44 bits per heavy atom. The van der Waals surface area contributed by atoms with Crippen LogP contribution in [0.1, 0.15) is 5.56 Å². The summed E-state index contributed by atoms with van der Waals surface area (Å²) in [7, 11) is -3.64. The Hall–Kier alpha value is -0.440. The molecule has 0 atom stereocenters. The molecule has 0 saturated carbocycles. The average molecular weight is 262 g/mol. The van der Waals surface area contributed by atoms with Crippen LogP contribution >= 0.6 is 6.83 Å². The van der Waals surface area contributed by atoms with E-state index in [0.717, 1.165) is 5.56 Å². The van der Waals surface area contributed by atoms with Crippen LogP contribution in [0.15, 0.2) is 29.2 Å². The van der Waals surface area contributed by atoms with Gasteiger partial charge >= 0.3 is 97.6 Å². The molecule has 0 fully saturated rings. The number of benzene rings is 1. The minimum atomic E-state index is -3.64. The molecule has 0 radical (unpaired) electrons. The summed E-state index contributed by atoms with van der Waals surface area (Å²) in [5, 5.41) is 0. The van der Waals surface area contributed by atoms with Crippen molar-refractivity contribution in [3.63, 3.8) is 0 Å². The number of hydrogen-bond acceptors (Lipinski definition) is 3. The van der Waals surface area contributed by atoms with Gasteiger partial charge in [0.25, 0.3) is 0 Å². The van der Waals surface area contributed by atoms with E-state index in [1.165, 1.54) is 0 Å². The third-order valence-corrected chi connectivity index (χ3v) is 5.73. The molecule has 5 heteroatoms. The van der Waals surface area contributed by atoms with Crippen molar-refractivity contribution in [2.24, 2.45) is 0 Å². The van der Waals surface area contributed by atoms with Crippen LogP contribution in [0.4, 0.5) is 0 Å². The Bertz CT molecular complexity index is 471. The molecule has 16 heavy (non-hydrogen) atoms. The molecule has 0 heterocycles. The monoisotopic (exact) mass is 262 g/mol. The van der Waals surface area contributed by atoms with Gasteiger partial charge < -0.3 is 0 Å². The fourth-order valence-corrected chi connectivity index (χ4v) is 5.09. The van der Waals surface area contributed by atoms with Crippen LogP contribution in [-0.4, -0.2) is 35.1 Å². The normalized spacial score (nSPS) is 15.4. The summed E-state index contributed by atoms with van der Waals surface area (Å²) in [6.45, 7) is 6.81. The molecule has 0 amide bonds. The fourth-order valence-electron chi connectivity index (χ4n) is 1.14. The number of aryl methyl sites for hydroxylation is 1. The molecule has 0 bridgehead atoms. The molecule has 92 valence electrons. The maximum atomic E-state index is 12.0. The third-order valence-electron chi connectivity index (χ3n) is 1.71. The Labute approximate surface area is 98.0 Å². The van der Waals surface area contributed by atoms with Crippen molar-refractivity contribution < 1.29 is 12.4 Å². The van der Waals surface area contributed by atoms with Gasteiger partial charge in [0.05, 0.1) is 0 Å². The molecule has 0 unspecified atom stereocenters. The predicted octanol–water partition coefficient (Wildman–Crippen LogP) is 2.69. The topological polar surface area (TPSA) is 43.4 Å². The second-order valence-electron chi connectivity index (χ2n) is 5.76. The molecule has 3 nitrogen and oxygen atoms in total. The van der Waals surface area contributed by atoms with E-state index in [-0.39, 0.29) is 4.90 Å². The van der Waals surface area contributed by atoms with E-state index in [2.05, 4.69) is 0 Å². The van der Waals surface area contributed by atoms with E-state index in [9.17, 15) is 8.42 Å². The molecular weight excluding hydrogens is 243 g/mol. The van der Waals surface area contributed by atoms with Crippen molar-refractivity contribution >= 4 is 16.9 Å². The molecule has 0 saturated heterocycles. The van der Waals surface area contributed by atoms with Gasteiger partial charge in [0.15, 0.2) is 0 Å². The van der Waals surface area contributed by atoms with Gasteiger partial charge in [-0.1, -0.05) is 0 Å². The second-order valence-corrected chi connectivity index (χ2v) is 14.6. The Kier molecular flexibility index (Phi) is 3.23. The van der Waals surface area contributed by atoms with Gasteiger partial charge in [-0.15, -0.1) is 0 Å². The summed E-state index contributed by atoms with van der Waals surface area (Å²) in [6.07, 6.45) is 0. The molecule has 0 spiro atoms. The first kappa shape index (κ1) is 13.6. The first-order chi connectivity index (χ1) is 6.96. The van der Waals surface area contributed by atoms with Crippen LogP contribution in [0.2, 0.25) is 0 Å². The number of hydrogen-bond donors (Lipinski definition) is 0. The number of rotatable bonds is 3. The zero-order valence-electron chi connectivity index (χ0n) is 10.4. The first-order valence-corrected chi connectivity index (χ1v) is 10.3. The molecule has 1 rings (SSSR count).